The number of hydrogen-bond donors (Lipinski definition) is 1. The maximum atomic E-state index is 12.6. The zero-order valence-corrected chi connectivity index (χ0v) is 18.2. The molecular formula is C21H35N3O3S. The first kappa shape index (κ1) is 22.8. The van der Waals surface area contributed by atoms with Crippen molar-refractivity contribution in [2.45, 2.75) is 52.6 Å². The molecule has 0 unspecified atom stereocenters. The van der Waals surface area contributed by atoms with Crippen molar-refractivity contribution in [3.8, 4) is 0 Å². The van der Waals surface area contributed by atoms with Gasteiger partial charge in [0, 0.05) is 38.8 Å². The average Bonchev–Trinajstić information content (AvgIpc) is 2.68. The fraction of sp³-hybridized carbons (Fsp3) is 0.667. The number of nitrogens with one attached hydrogen (secondary N) is 1. The molecule has 1 saturated heterocycles. The molecule has 1 heterocycles. The topological polar surface area (TPSA) is 69.7 Å². The van der Waals surface area contributed by atoms with Gasteiger partial charge in [0.05, 0.1) is 11.7 Å². The van der Waals surface area contributed by atoms with Gasteiger partial charge in [-0.3, -0.25) is 9.69 Å². The minimum atomic E-state index is -3.23. The van der Waals surface area contributed by atoms with Gasteiger partial charge in [0.15, 0.2) is 0 Å². The summed E-state index contributed by atoms with van der Waals surface area (Å²) in [7, 11) is -3.23. The molecule has 6 nitrogen and oxygen atoms in total. The Hall–Kier alpha value is -1.44. The maximum Gasteiger partial charge on any atom is 0.224 e. The summed E-state index contributed by atoms with van der Waals surface area (Å²) in [5, 5.41) is 3.03. The number of carbonyl (C=O) groups excluding carboxylic acids is 1. The van der Waals surface area contributed by atoms with Crippen molar-refractivity contribution in [2.75, 3.05) is 31.9 Å². The summed E-state index contributed by atoms with van der Waals surface area (Å²) in [6, 6.07) is 10.7. The lowest BCUT2D eigenvalue weighted by molar-refractivity contribution is -0.126. The van der Waals surface area contributed by atoms with Gasteiger partial charge in [0.2, 0.25) is 15.9 Å². The van der Waals surface area contributed by atoms with Gasteiger partial charge in [-0.15, -0.1) is 0 Å². The molecular weight excluding hydrogens is 374 g/mol. The average molecular weight is 410 g/mol. The summed E-state index contributed by atoms with van der Waals surface area (Å²) in [5.74, 6) is -0.119. The summed E-state index contributed by atoms with van der Waals surface area (Å²) < 4.78 is 26.1. The number of piperidine rings is 1. The molecule has 1 aliphatic rings. The van der Waals surface area contributed by atoms with Gasteiger partial charge >= 0.3 is 0 Å². The third-order valence-electron chi connectivity index (χ3n) is 5.27. The molecule has 0 aliphatic carbocycles. The van der Waals surface area contributed by atoms with Crippen LogP contribution in [-0.4, -0.2) is 61.5 Å². The Kier molecular flexibility index (Phi) is 8.92. The first-order valence-electron chi connectivity index (χ1n) is 10.4. The predicted octanol–water partition coefficient (Wildman–Crippen LogP) is 2.47. The first-order valence-corrected chi connectivity index (χ1v) is 12.0. The van der Waals surface area contributed by atoms with Crippen LogP contribution in [0.3, 0.4) is 0 Å². The quantitative estimate of drug-likeness (QED) is 0.644. The summed E-state index contributed by atoms with van der Waals surface area (Å²) in [6.07, 6.45) is 2.09. The monoisotopic (exact) mass is 409 g/mol. The van der Waals surface area contributed by atoms with Crippen LogP contribution in [0.1, 0.15) is 45.6 Å². The third-order valence-corrected chi connectivity index (χ3v) is 7.31. The molecule has 158 valence electrons. The van der Waals surface area contributed by atoms with Crippen LogP contribution in [0.4, 0.5) is 0 Å². The van der Waals surface area contributed by atoms with Crippen LogP contribution in [-0.2, 0) is 21.4 Å². The van der Waals surface area contributed by atoms with Gasteiger partial charge < -0.3 is 5.32 Å². The second-order valence-electron chi connectivity index (χ2n) is 7.85. The van der Waals surface area contributed by atoms with Crippen LogP contribution in [0.15, 0.2) is 30.3 Å². The largest absolute Gasteiger partial charge is 0.355 e. The molecule has 1 N–H and O–H groups in total. The lowest BCUT2D eigenvalue weighted by Gasteiger charge is -2.31. The van der Waals surface area contributed by atoms with E-state index in [9.17, 15) is 13.2 Å². The molecule has 0 spiro atoms. The van der Waals surface area contributed by atoms with Crippen LogP contribution in [0.25, 0.3) is 0 Å². The highest BCUT2D eigenvalue weighted by atomic mass is 32.2. The van der Waals surface area contributed by atoms with E-state index in [1.54, 1.807) is 0 Å². The van der Waals surface area contributed by atoms with Gasteiger partial charge in [-0.25, -0.2) is 12.7 Å². The Bertz CT molecular complexity index is 707. The number of amides is 1. The van der Waals surface area contributed by atoms with E-state index in [0.29, 0.717) is 32.1 Å². The van der Waals surface area contributed by atoms with Gasteiger partial charge in [-0.1, -0.05) is 37.3 Å². The summed E-state index contributed by atoms with van der Waals surface area (Å²) >= 11 is 0. The molecule has 0 bridgehead atoms. The van der Waals surface area contributed by atoms with Gasteiger partial charge in [-0.2, -0.15) is 0 Å². The second-order valence-corrected chi connectivity index (χ2v) is 9.94. The summed E-state index contributed by atoms with van der Waals surface area (Å²) in [4.78, 5) is 14.9. The zero-order valence-electron chi connectivity index (χ0n) is 17.4. The van der Waals surface area contributed by atoms with Crippen molar-refractivity contribution in [1.82, 2.24) is 14.5 Å². The van der Waals surface area contributed by atoms with Crippen molar-refractivity contribution in [3.63, 3.8) is 0 Å². The SMILES string of the molecule is CCCS(=O)(=O)N1CCC[C@H](C(=O)NCCN(Cc2ccccc2)C(C)C)C1. The van der Waals surface area contributed by atoms with E-state index in [0.717, 1.165) is 25.9 Å². The van der Waals surface area contributed by atoms with Crippen LogP contribution in [0, 0.1) is 5.92 Å². The van der Waals surface area contributed by atoms with E-state index in [-0.39, 0.29) is 17.6 Å². The highest BCUT2D eigenvalue weighted by Crippen LogP contribution is 2.20. The Morgan fingerprint density at radius 3 is 2.64 bits per heavy atom. The van der Waals surface area contributed by atoms with E-state index in [1.165, 1.54) is 9.87 Å². The Morgan fingerprint density at radius 1 is 1.29 bits per heavy atom. The van der Waals surface area contributed by atoms with E-state index in [1.807, 2.05) is 25.1 Å². The Balaban J connectivity index is 1.83. The number of hydrogen-bond acceptors (Lipinski definition) is 4. The minimum absolute atomic E-state index is 0.0279. The molecule has 1 aromatic carbocycles. The molecule has 0 radical (unpaired) electrons. The second kappa shape index (κ2) is 10.9. The maximum absolute atomic E-state index is 12.6. The highest BCUT2D eigenvalue weighted by Gasteiger charge is 2.31. The Labute approximate surface area is 170 Å². The van der Waals surface area contributed by atoms with E-state index in [2.05, 4.69) is 36.2 Å². The molecule has 1 atom stereocenters. The van der Waals surface area contributed by atoms with E-state index < -0.39 is 10.0 Å². The first-order chi connectivity index (χ1) is 13.3. The van der Waals surface area contributed by atoms with Gasteiger partial charge in [0.25, 0.3) is 0 Å². The predicted molar refractivity (Wildman–Crippen MR) is 113 cm³/mol. The van der Waals surface area contributed by atoms with Crippen LogP contribution < -0.4 is 5.32 Å². The minimum Gasteiger partial charge on any atom is -0.355 e. The molecule has 2 rings (SSSR count). The standard InChI is InChI=1S/C21H35N3O3S/c1-4-15-28(26,27)24-13-8-11-20(17-24)21(25)22-12-14-23(18(2)3)16-19-9-6-5-7-10-19/h5-7,9-10,18,20H,4,8,11-17H2,1-3H3,(H,22,25)/t20-/m0/s1. The lowest BCUT2D eigenvalue weighted by Crippen LogP contribution is -2.47. The third kappa shape index (κ3) is 6.87. The molecule has 0 aromatic heterocycles. The molecule has 0 saturated carbocycles. The van der Waals surface area contributed by atoms with E-state index >= 15 is 0 Å². The lowest BCUT2D eigenvalue weighted by atomic mass is 9.99. The molecule has 1 amide bonds. The van der Waals surface area contributed by atoms with Gasteiger partial charge in [0.1, 0.15) is 0 Å². The number of nitrogens with zero attached hydrogens (tertiary/aromatic N) is 2. The number of carbonyl (C=O) groups is 1. The van der Waals surface area contributed by atoms with E-state index in [4.69, 9.17) is 0 Å². The normalized spacial score (nSPS) is 18.5. The van der Waals surface area contributed by atoms with Crippen molar-refractivity contribution in [3.05, 3.63) is 35.9 Å². The van der Waals surface area contributed by atoms with Gasteiger partial charge in [-0.05, 0) is 38.7 Å². The zero-order chi connectivity index (χ0) is 20.6. The molecule has 28 heavy (non-hydrogen) atoms. The van der Waals surface area contributed by atoms with Crippen LogP contribution >= 0.6 is 0 Å². The smallest absolute Gasteiger partial charge is 0.224 e. The van der Waals surface area contributed by atoms with Crippen molar-refractivity contribution >= 4 is 15.9 Å². The molecule has 7 heteroatoms. The summed E-state index contributed by atoms with van der Waals surface area (Å²) in [6.45, 7) is 9.20. The number of benzene rings is 1. The summed E-state index contributed by atoms with van der Waals surface area (Å²) in [5.41, 5.74) is 1.26. The fourth-order valence-corrected chi connectivity index (χ4v) is 5.19. The molecule has 1 aliphatic heterocycles. The molecule has 1 fully saturated rings. The van der Waals surface area contributed by atoms with Crippen LogP contribution in [0.2, 0.25) is 0 Å². The fourth-order valence-electron chi connectivity index (χ4n) is 3.60. The Morgan fingerprint density at radius 2 is 2.00 bits per heavy atom. The van der Waals surface area contributed by atoms with Crippen LogP contribution in [0.5, 0.6) is 0 Å². The van der Waals surface area contributed by atoms with Crippen molar-refractivity contribution in [2.24, 2.45) is 5.92 Å². The van der Waals surface area contributed by atoms with Crippen molar-refractivity contribution < 1.29 is 13.2 Å². The number of rotatable bonds is 10. The number of sulfonamides is 1. The van der Waals surface area contributed by atoms with Crippen molar-refractivity contribution in [1.29, 1.82) is 0 Å². The molecule has 1 aromatic rings. The highest BCUT2D eigenvalue weighted by molar-refractivity contribution is 7.89.